The van der Waals surface area contributed by atoms with Crippen molar-refractivity contribution in [2.45, 2.75) is 31.7 Å². The third-order valence-electron chi connectivity index (χ3n) is 3.60. The fraction of sp³-hybridized carbons (Fsp3) is 0.500. The van der Waals surface area contributed by atoms with Crippen LogP contribution in [0, 0.1) is 20.2 Å². The monoisotopic (exact) mass is 310 g/mol. The third kappa shape index (κ3) is 3.38. The lowest BCUT2D eigenvalue weighted by atomic mass is 9.77. The number of benzene rings is 1. The molecule has 1 rings (SSSR count). The average molecular weight is 310 g/mol. The van der Waals surface area contributed by atoms with Gasteiger partial charge in [0.1, 0.15) is 5.92 Å². The molecule has 22 heavy (non-hydrogen) atoms. The van der Waals surface area contributed by atoms with Crippen LogP contribution in [0.15, 0.2) is 30.3 Å². The second kappa shape index (κ2) is 7.48. The molecule has 8 heteroatoms. The molecule has 120 valence electrons. The van der Waals surface area contributed by atoms with E-state index in [9.17, 15) is 25.0 Å². The largest absolute Gasteiger partial charge is 0.461 e. The number of nitro groups is 2. The maximum Gasteiger partial charge on any atom is 0.385 e. The number of esters is 1. The molecule has 0 unspecified atom stereocenters. The number of rotatable bonds is 8. The van der Waals surface area contributed by atoms with Gasteiger partial charge in [0.15, 0.2) is 0 Å². The Balaban J connectivity index is 3.45. The molecule has 0 fully saturated rings. The number of hydrogen-bond donors (Lipinski definition) is 0. The molecular formula is C14H18N2O6. The topological polar surface area (TPSA) is 113 Å². The van der Waals surface area contributed by atoms with E-state index in [1.165, 1.54) is 13.8 Å². The van der Waals surface area contributed by atoms with E-state index in [2.05, 4.69) is 0 Å². The molecule has 0 radical (unpaired) electrons. The maximum atomic E-state index is 12.2. The van der Waals surface area contributed by atoms with Gasteiger partial charge in [0.05, 0.1) is 6.61 Å². The fourth-order valence-electron chi connectivity index (χ4n) is 2.49. The van der Waals surface area contributed by atoms with E-state index in [0.717, 1.165) is 0 Å². The molecule has 1 aromatic rings. The normalized spacial score (nSPS) is 14.6. The molecule has 0 aromatic heterocycles. The number of carbonyl (C=O) groups is 1. The Bertz CT molecular complexity index is 548. The molecule has 0 aliphatic rings. The van der Waals surface area contributed by atoms with E-state index in [4.69, 9.17) is 4.74 Å². The van der Waals surface area contributed by atoms with Crippen molar-refractivity contribution >= 4 is 5.97 Å². The Kier molecular flexibility index (Phi) is 5.97. The smallest absolute Gasteiger partial charge is 0.385 e. The van der Waals surface area contributed by atoms with Crippen LogP contribution < -0.4 is 0 Å². The minimum atomic E-state index is -2.18. The maximum absolute atomic E-state index is 12.2. The summed E-state index contributed by atoms with van der Waals surface area (Å²) >= 11 is 0. The fourth-order valence-corrected chi connectivity index (χ4v) is 2.49. The molecule has 0 saturated heterocycles. The Morgan fingerprint density at radius 3 is 2.23 bits per heavy atom. The lowest BCUT2D eigenvalue weighted by molar-refractivity contribution is -0.575. The lowest BCUT2D eigenvalue weighted by Gasteiger charge is -2.28. The predicted octanol–water partition coefficient (Wildman–Crippen LogP) is 2.04. The molecule has 1 aromatic carbocycles. The molecule has 0 bridgehead atoms. The SMILES string of the molecule is CCOC(=O)[C@@](CC)([C@H](C[N+](=O)[O-])c1ccccc1)[N+](=O)[O-]. The van der Waals surface area contributed by atoms with E-state index in [0.29, 0.717) is 5.56 Å². The van der Waals surface area contributed by atoms with Crippen molar-refractivity contribution in [1.82, 2.24) is 0 Å². The summed E-state index contributed by atoms with van der Waals surface area (Å²) < 4.78 is 4.84. The average Bonchev–Trinajstić information content (AvgIpc) is 2.48. The van der Waals surface area contributed by atoms with Crippen LogP contribution in [0.1, 0.15) is 31.7 Å². The van der Waals surface area contributed by atoms with Gasteiger partial charge in [-0.3, -0.25) is 20.2 Å². The van der Waals surface area contributed by atoms with Crippen molar-refractivity contribution in [3.63, 3.8) is 0 Å². The van der Waals surface area contributed by atoms with Crippen LogP contribution in [0.4, 0.5) is 0 Å². The number of ether oxygens (including phenoxy) is 1. The second-order valence-electron chi connectivity index (χ2n) is 4.73. The zero-order chi connectivity index (χ0) is 16.8. The van der Waals surface area contributed by atoms with Crippen molar-refractivity contribution in [3.05, 3.63) is 56.1 Å². The molecule has 2 atom stereocenters. The molecule has 0 spiro atoms. The summed E-state index contributed by atoms with van der Waals surface area (Å²) in [5.74, 6) is -2.25. The Hall–Kier alpha value is -2.51. The first-order valence-electron chi connectivity index (χ1n) is 6.88. The van der Waals surface area contributed by atoms with Gasteiger partial charge in [-0.1, -0.05) is 37.3 Å². The molecule has 8 nitrogen and oxygen atoms in total. The Labute approximate surface area is 127 Å². The van der Waals surface area contributed by atoms with E-state index >= 15 is 0 Å². The highest BCUT2D eigenvalue weighted by Crippen LogP contribution is 2.35. The van der Waals surface area contributed by atoms with Crippen LogP contribution in [-0.4, -0.2) is 34.5 Å². The number of carbonyl (C=O) groups excluding carboxylic acids is 1. The molecule has 0 aliphatic heterocycles. The van der Waals surface area contributed by atoms with Crippen LogP contribution in [-0.2, 0) is 9.53 Å². The van der Waals surface area contributed by atoms with E-state index in [-0.39, 0.29) is 13.0 Å². The van der Waals surface area contributed by atoms with E-state index in [1.54, 1.807) is 30.3 Å². The molecule has 0 heterocycles. The molecule has 0 N–H and O–H groups in total. The molecular weight excluding hydrogens is 292 g/mol. The van der Waals surface area contributed by atoms with Gasteiger partial charge < -0.3 is 4.74 Å². The third-order valence-corrected chi connectivity index (χ3v) is 3.60. The van der Waals surface area contributed by atoms with Gasteiger partial charge in [-0.05, 0) is 12.5 Å². The number of hydrogen-bond acceptors (Lipinski definition) is 6. The lowest BCUT2D eigenvalue weighted by Crippen LogP contribution is -2.53. The summed E-state index contributed by atoms with van der Waals surface area (Å²) in [6.45, 7) is 2.23. The van der Waals surface area contributed by atoms with Crippen LogP contribution in [0.25, 0.3) is 0 Å². The Morgan fingerprint density at radius 1 is 1.23 bits per heavy atom. The van der Waals surface area contributed by atoms with E-state index < -0.39 is 33.8 Å². The summed E-state index contributed by atoms with van der Waals surface area (Å²) in [5, 5.41) is 22.6. The van der Waals surface area contributed by atoms with Crippen molar-refractivity contribution in [2.24, 2.45) is 0 Å². The van der Waals surface area contributed by atoms with Gasteiger partial charge in [-0.2, -0.15) is 0 Å². The highest BCUT2D eigenvalue weighted by molar-refractivity contribution is 5.80. The summed E-state index contributed by atoms with van der Waals surface area (Å²) in [4.78, 5) is 33.5. The molecule has 0 saturated carbocycles. The van der Waals surface area contributed by atoms with Gasteiger partial charge >= 0.3 is 11.5 Å². The van der Waals surface area contributed by atoms with Crippen LogP contribution in [0.5, 0.6) is 0 Å². The highest BCUT2D eigenvalue weighted by atomic mass is 16.6. The summed E-state index contributed by atoms with van der Waals surface area (Å²) in [5.41, 5.74) is -1.81. The first kappa shape index (κ1) is 17.5. The van der Waals surface area contributed by atoms with Crippen LogP contribution in [0.2, 0.25) is 0 Å². The Morgan fingerprint density at radius 2 is 1.82 bits per heavy atom. The predicted molar refractivity (Wildman–Crippen MR) is 77.7 cm³/mol. The van der Waals surface area contributed by atoms with Gasteiger partial charge in [0.2, 0.25) is 6.54 Å². The van der Waals surface area contributed by atoms with Crippen molar-refractivity contribution in [3.8, 4) is 0 Å². The summed E-state index contributed by atoms with van der Waals surface area (Å²) in [6, 6.07) is 8.01. The van der Waals surface area contributed by atoms with Crippen molar-refractivity contribution in [2.75, 3.05) is 13.2 Å². The van der Waals surface area contributed by atoms with Gasteiger partial charge in [-0.25, -0.2) is 4.79 Å². The zero-order valence-corrected chi connectivity index (χ0v) is 12.4. The molecule has 0 amide bonds. The summed E-state index contributed by atoms with van der Waals surface area (Å²) in [6.07, 6.45) is -0.202. The van der Waals surface area contributed by atoms with Crippen LogP contribution >= 0.6 is 0 Å². The minimum Gasteiger partial charge on any atom is -0.461 e. The molecule has 0 aliphatic carbocycles. The van der Waals surface area contributed by atoms with Gasteiger partial charge in [0.25, 0.3) is 0 Å². The van der Waals surface area contributed by atoms with Crippen molar-refractivity contribution < 1.29 is 19.4 Å². The first-order valence-corrected chi connectivity index (χ1v) is 6.88. The van der Waals surface area contributed by atoms with Gasteiger partial charge in [-0.15, -0.1) is 0 Å². The van der Waals surface area contributed by atoms with Gasteiger partial charge in [0, 0.05) is 16.3 Å². The second-order valence-corrected chi connectivity index (χ2v) is 4.73. The van der Waals surface area contributed by atoms with Crippen molar-refractivity contribution in [1.29, 1.82) is 0 Å². The quantitative estimate of drug-likeness (QED) is 0.412. The number of nitrogens with zero attached hydrogens (tertiary/aromatic N) is 2. The zero-order valence-electron chi connectivity index (χ0n) is 12.4. The van der Waals surface area contributed by atoms with Crippen LogP contribution in [0.3, 0.4) is 0 Å². The van der Waals surface area contributed by atoms with E-state index in [1.807, 2.05) is 0 Å². The summed E-state index contributed by atoms with van der Waals surface area (Å²) in [7, 11) is 0. The highest BCUT2D eigenvalue weighted by Gasteiger charge is 2.60. The first-order chi connectivity index (χ1) is 10.4. The minimum absolute atomic E-state index is 0.0333. The standard InChI is InChI=1S/C14H18N2O6/c1-3-14(16(20)21,13(17)22-4-2)12(10-15(18)19)11-8-6-5-7-9-11/h5-9,12H,3-4,10H2,1-2H3/t12-,14-/m1/s1.